The van der Waals surface area contributed by atoms with Crippen LogP contribution in [0.3, 0.4) is 0 Å². The van der Waals surface area contributed by atoms with Gasteiger partial charge in [-0.2, -0.15) is 0 Å². The fourth-order valence-corrected chi connectivity index (χ4v) is 1.27. The highest BCUT2D eigenvalue weighted by Crippen LogP contribution is 2.12. The Morgan fingerprint density at radius 2 is 1.94 bits per heavy atom. The molecule has 0 spiro atoms. The lowest BCUT2D eigenvalue weighted by atomic mass is 10.2. The highest BCUT2D eigenvalue weighted by atomic mass is 16.6. The number of rotatable bonds is 7. The van der Waals surface area contributed by atoms with E-state index in [4.69, 9.17) is 14.2 Å². The minimum absolute atomic E-state index is 0.277. The Morgan fingerprint density at radius 1 is 1.22 bits per heavy atom. The normalized spacial score (nSPS) is 10.6. The summed E-state index contributed by atoms with van der Waals surface area (Å²) in [6.07, 6.45) is 3.09. The van der Waals surface area contributed by atoms with E-state index in [1.807, 2.05) is 31.2 Å². The van der Waals surface area contributed by atoms with Crippen molar-refractivity contribution in [1.29, 1.82) is 0 Å². The maximum Gasteiger partial charge on any atom is 0.330 e. The fraction of sp³-hybridized carbons (Fsp3) is 0.357. The van der Waals surface area contributed by atoms with Gasteiger partial charge >= 0.3 is 5.97 Å². The Balaban J connectivity index is 2.35. The summed E-state index contributed by atoms with van der Waals surface area (Å²) in [7, 11) is 1.61. The third kappa shape index (κ3) is 5.50. The molecule has 18 heavy (non-hydrogen) atoms. The maximum absolute atomic E-state index is 11.3. The van der Waals surface area contributed by atoms with Crippen molar-refractivity contribution in [3.63, 3.8) is 0 Å². The van der Waals surface area contributed by atoms with Crippen molar-refractivity contribution in [1.82, 2.24) is 0 Å². The van der Waals surface area contributed by atoms with E-state index in [0.29, 0.717) is 13.2 Å². The van der Waals surface area contributed by atoms with Crippen molar-refractivity contribution >= 4 is 12.0 Å². The van der Waals surface area contributed by atoms with Gasteiger partial charge in [-0.15, -0.1) is 0 Å². The highest BCUT2D eigenvalue weighted by molar-refractivity contribution is 5.87. The quantitative estimate of drug-likeness (QED) is 0.423. The summed E-state index contributed by atoms with van der Waals surface area (Å²) in [6, 6.07) is 7.39. The van der Waals surface area contributed by atoms with E-state index in [-0.39, 0.29) is 12.6 Å². The van der Waals surface area contributed by atoms with Gasteiger partial charge in [-0.3, -0.25) is 0 Å². The number of benzene rings is 1. The van der Waals surface area contributed by atoms with Gasteiger partial charge in [0.05, 0.1) is 13.7 Å². The van der Waals surface area contributed by atoms with E-state index in [2.05, 4.69) is 0 Å². The van der Waals surface area contributed by atoms with Crippen molar-refractivity contribution in [2.45, 2.75) is 6.92 Å². The first kappa shape index (κ1) is 14.3. The molecule has 0 aliphatic carbocycles. The third-order valence-corrected chi connectivity index (χ3v) is 2.20. The summed E-state index contributed by atoms with van der Waals surface area (Å²) in [4.78, 5) is 11.3. The van der Waals surface area contributed by atoms with Crippen LogP contribution in [0.5, 0.6) is 5.75 Å². The summed E-state index contributed by atoms with van der Waals surface area (Å²) >= 11 is 0. The predicted octanol–water partition coefficient (Wildman–Crippen LogP) is 2.29. The minimum atomic E-state index is -0.370. The number of ether oxygens (including phenoxy) is 3. The summed E-state index contributed by atoms with van der Waals surface area (Å²) in [5, 5.41) is 0. The van der Waals surface area contributed by atoms with Gasteiger partial charge in [-0.05, 0) is 30.7 Å². The summed E-state index contributed by atoms with van der Waals surface area (Å²) in [5.74, 6) is 0.414. The molecule has 1 aromatic rings. The van der Waals surface area contributed by atoms with Crippen molar-refractivity contribution < 1.29 is 19.0 Å². The Hall–Kier alpha value is -1.81. The van der Waals surface area contributed by atoms with Crippen LogP contribution in [0.15, 0.2) is 30.3 Å². The Labute approximate surface area is 107 Å². The molecule has 0 saturated carbocycles. The molecule has 0 N–H and O–H groups in total. The zero-order valence-corrected chi connectivity index (χ0v) is 10.7. The molecule has 1 rings (SSSR count). The van der Waals surface area contributed by atoms with Crippen molar-refractivity contribution in [2.75, 3.05) is 26.9 Å². The van der Waals surface area contributed by atoms with E-state index < -0.39 is 0 Å². The second-order valence-electron chi connectivity index (χ2n) is 3.47. The average molecular weight is 250 g/mol. The summed E-state index contributed by atoms with van der Waals surface area (Å²) in [5.41, 5.74) is 0.914. The number of esters is 1. The molecule has 98 valence electrons. The molecule has 0 fully saturated rings. The van der Waals surface area contributed by atoms with Crippen LogP contribution in [-0.2, 0) is 14.3 Å². The van der Waals surface area contributed by atoms with E-state index in [1.54, 1.807) is 13.2 Å². The van der Waals surface area contributed by atoms with Gasteiger partial charge in [0.2, 0.25) is 0 Å². The second-order valence-corrected chi connectivity index (χ2v) is 3.47. The molecule has 0 radical (unpaired) electrons. The molecule has 1 aromatic carbocycles. The van der Waals surface area contributed by atoms with Gasteiger partial charge in [0.15, 0.2) is 0 Å². The first-order valence-corrected chi connectivity index (χ1v) is 5.83. The van der Waals surface area contributed by atoms with Crippen LogP contribution in [-0.4, -0.2) is 32.9 Å². The predicted molar refractivity (Wildman–Crippen MR) is 69.5 cm³/mol. The molecule has 0 unspecified atom stereocenters. The van der Waals surface area contributed by atoms with Crippen LogP contribution < -0.4 is 4.74 Å². The monoisotopic (exact) mass is 250 g/mol. The number of carbonyl (C=O) groups excluding carboxylic acids is 1. The van der Waals surface area contributed by atoms with Crippen LogP contribution in [0.4, 0.5) is 0 Å². The Bertz CT molecular complexity index is 381. The van der Waals surface area contributed by atoms with Gasteiger partial charge in [0.1, 0.15) is 12.4 Å². The van der Waals surface area contributed by atoms with Crippen LogP contribution in [0.25, 0.3) is 6.08 Å². The number of hydrogen-bond acceptors (Lipinski definition) is 4. The molecule has 0 aliphatic heterocycles. The van der Waals surface area contributed by atoms with E-state index in [9.17, 15) is 4.79 Å². The van der Waals surface area contributed by atoms with Crippen LogP contribution in [0, 0.1) is 0 Å². The van der Waals surface area contributed by atoms with Crippen molar-refractivity contribution in [2.24, 2.45) is 0 Å². The van der Waals surface area contributed by atoms with Crippen LogP contribution in [0.1, 0.15) is 12.5 Å². The standard InChI is InChI=1S/C14H18O4/c1-3-17-10-11-18-14(15)9-6-12-4-7-13(16-2)8-5-12/h4-9H,3,10-11H2,1-2H3/b9-6-. The van der Waals surface area contributed by atoms with Gasteiger partial charge in [0.25, 0.3) is 0 Å². The SMILES string of the molecule is CCOCCOC(=O)/C=C\c1ccc(OC)cc1. The van der Waals surface area contributed by atoms with Crippen LogP contribution in [0.2, 0.25) is 0 Å². The van der Waals surface area contributed by atoms with Crippen molar-refractivity contribution in [3.8, 4) is 5.75 Å². The zero-order chi connectivity index (χ0) is 13.2. The third-order valence-electron chi connectivity index (χ3n) is 2.20. The Kier molecular flexibility index (Phi) is 6.58. The Morgan fingerprint density at radius 3 is 2.56 bits per heavy atom. The highest BCUT2D eigenvalue weighted by Gasteiger charge is 1.96. The smallest absolute Gasteiger partial charge is 0.330 e. The largest absolute Gasteiger partial charge is 0.497 e. The molecule has 0 aliphatic rings. The molecule has 4 nitrogen and oxygen atoms in total. The summed E-state index contributed by atoms with van der Waals surface area (Å²) in [6.45, 7) is 3.23. The minimum Gasteiger partial charge on any atom is -0.497 e. The van der Waals surface area contributed by atoms with E-state index >= 15 is 0 Å². The molecule has 0 saturated heterocycles. The number of carbonyl (C=O) groups is 1. The molecular formula is C14H18O4. The summed E-state index contributed by atoms with van der Waals surface area (Å²) < 4.78 is 15.0. The van der Waals surface area contributed by atoms with Gasteiger partial charge in [-0.25, -0.2) is 4.79 Å². The van der Waals surface area contributed by atoms with Gasteiger partial charge in [-0.1, -0.05) is 12.1 Å². The van der Waals surface area contributed by atoms with Gasteiger partial charge in [0, 0.05) is 12.7 Å². The molecule has 0 aromatic heterocycles. The van der Waals surface area contributed by atoms with Gasteiger partial charge < -0.3 is 14.2 Å². The van der Waals surface area contributed by atoms with E-state index in [1.165, 1.54) is 6.08 Å². The molecule has 0 amide bonds. The van der Waals surface area contributed by atoms with Crippen LogP contribution >= 0.6 is 0 Å². The number of methoxy groups -OCH3 is 1. The lowest BCUT2D eigenvalue weighted by molar-refractivity contribution is -0.139. The number of hydrogen-bond donors (Lipinski definition) is 0. The molecule has 4 heteroatoms. The van der Waals surface area contributed by atoms with Crippen molar-refractivity contribution in [3.05, 3.63) is 35.9 Å². The second kappa shape index (κ2) is 8.31. The maximum atomic E-state index is 11.3. The lowest BCUT2D eigenvalue weighted by Crippen LogP contribution is -2.08. The first-order chi connectivity index (χ1) is 8.76. The molecule has 0 heterocycles. The average Bonchev–Trinajstić information content (AvgIpc) is 2.42. The molecule has 0 bridgehead atoms. The first-order valence-electron chi connectivity index (χ1n) is 5.83. The lowest BCUT2D eigenvalue weighted by Gasteiger charge is -2.02. The topological polar surface area (TPSA) is 44.8 Å². The zero-order valence-electron chi connectivity index (χ0n) is 10.7. The molecular weight excluding hydrogens is 232 g/mol. The molecule has 0 atom stereocenters. The van der Waals surface area contributed by atoms with E-state index in [0.717, 1.165) is 11.3 Å². The fourth-order valence-electron chi connectivity index (χ4n) is 1.27.